The molecule has 2 fully saturated rings. The van der Waals surface area contributed by atoms with Crippen LogP contribution >= 0.6 is 11.3 Å². The smallest absolute Gasteiger partial charge is 0.219 e. The van der Waals surface area contributed by atoms with Gasteiger partial charge in [0.25, 0.3) is 0 Å². The Morgan fingerprint density at radius 3 is 2.79 bits per heavy atom. The molecular weight excluding hydrogens is 318 g/mol. The van der Waals surface area contributed by atoms with Gasteiger partial charge in [-0.1, -0.05) is 13.8 Å². The third-order valence-electron chi connectivity index (χ3n) is 5.46. The van der Waals surface area contributed by atoms with Gasteiger partial charge in [0.2, 0.25) is 5.91 Å². The Balaban J connectivity index is 1.61. The summed E-state index contributed by atoms with van der Waals surface area (Å²) >= 11 is 1.81. The molecule has 0 aliphatic carbocycles. The molecule has 0 radical (unpaired) electrons. The molecule has 1 aromatic rings. The van der Waals surface area contributed by atoms with Crippen LogP contribution in [-0.2, 0) is 17.8 Å². The molecule has 0 N–H and O–H groups in total. The summed E-state index contributed by atoms with van der Waals surface area (Å²) in [6.07, 6.45) is 7.11. The minimum absolute atomic E-state index is 0.244. The van der Waals surface area contributed by atoms with Crippen LogP contribution in [0.2, 0.25) is 0 Å². The zero-order chi connectivity index (χ0) is 17.1. The van der Waals surface area contributed by atoms with Crippen molar-refractivity contribution in [1.29, 1.82) is 0 Å². The Morgan fingerprint density at radius 1 is 1.29 bits per heavy atom. The van der Waals surface area contributed by atoms with Gasteiger partial charge in [0.05, 0.1) is 10.7 Å². The maximum absolute atomic E-state index is 11.9. The highest BCUT2D eigenvalue weighted by Crippen LogP contribution is 2.31. The topological polar surface area (TPSA) is 36.4 Å². The number of carbonyl (C=O) groups excluding carboxylic acids is 1. The molecule has 0 bridgehead atoms. The van der Waals surface area contributed by atoms with Crippen molar-refractivity contribution in [1.82, 2.24) is 14.8 Å². The van der Waals surface area contributed by atoms with Gasteiger partial charge in [0, 0.05) is 37.5 Å². The highest BCUT2D eigenvalue weighted by molar-refractivity contribution is 7.09. The van der Waals surface area contributed by atoms with Crippen molar-refractivity contribution in [3.8, 4) is 0 Å². The lowest BCUT2D eigenvalue weighted by atomic mass is 10.0. The molecule has 2 aliphatic heterocycles. The van der Waals surface area contributed by atoms with Crippen LogP contribution < -0.4 is 0 Å². The molecule has 1 aromatic heterocycles. The highest BCUT2D eigenvalue weighted by atomic mass is 32.1. The minimum Gasteiger partial charge on any atom is -0.338 e. The van der Waals surface area contributed by atoms with Crippen molar-refractivity contribution in [3.63, 3.8) is 0 Å². The van der Waals surface area contributed by atoms with Gasteiger partial charge in [-0.15, -0.1) is 11.3 Å². The maximum Gasteiger partial charge on any atom is 0.219 e. The van der Waals surface area contributed by atoms with E-state index in [-0.39, 0.29) is 5.91 Å². The number of hydrogen-bond acceptors (Lipinski definition) is 4. The van der Waals surface area contributed by atoms with E-state index in [1.54, 1.807) is 6.92 Å². The molecule has 134 valence electrons. The summed E-state index contributed by atoms with van der Waals surface area (Å²) in [5, 5.41) is 3.52. The first-order chi connectivity index (χ1) is 11.5. The van der Waals surface area contributed by atoms with E-state index in [0.717, 1.165) is 44.8 Å². The second-order valence-corrected chi connectivity index (χ2v) is 8.71. The van der Waals surface area contributed by atoms with Gasteiger partial charge in [0.15, 0.2) is 0 Å². The highest BCUT2D eigenvalue weighted by Gasteiger charge is 2.38. The molecule has 3 rings (SSSR count). The van der Waals surface area contributed by atoms with Gasteiger partial charge in [-0.25, -0.2) is 4.98 Å². The van der Waals surface area contributed by atoms with Gasteiger partial charge < -0.3 is 4.90 Å². The number of carbonyl (C=O) groups is 1. The van der Waals surface area contributed by atoms with Gasteiger partial charge in [-0.05, 0) is 51.0 Å². The number of likely N-dealkylation sites (tertiary alicyclic amines) is 2. The summed E-state index contributed by atoms with van der Waals surface area (Å²) in [6.45, 7) is 9.30. The van der Waals surface area contributed by atoms with E-state index in [1.807, 2.05) is 11.3 Å². The summed E-state index contributed by atoms with van der Waals surface area (Å²) < 4.78 is 0. The van der Waals surface area contributed by atoms with Crippen molar-refractivity contribution < 1.29 is 4.79 Å². The number of aryl methyl sites for hydroxylation is 1. The molecule has 0 spiro atoms. The summed E-state index contributed by atoms with van der Waals surface area (Å²) in [6, 6.07) is 0.946. The number of thiazole rings is 1. The molecule has 2 atom stereocenters. The lowest BCUT2D eigenvalue weighted by Crippen LogP contribution is -2.47. The van der Waals surface area contributed by atoms with E-state index in [2.05, 4.69) is 29.0 Å². The Morgan fingerprint density at radius 2 is 2.04 bits per heavy atom. The third kappa shape index (κ3) is 4.17. The Kier molecular flexibility index (Phi) is 5.93. The molecule has 0 unspecified atom stereocenters. The number of hydrogen-bond donors (Lipinski definition) is 0. The van der Waals surface area contributed by atoms with Crippen molar-refractivity contribution in [2.75, 3.05) is 13.1 Å². The van der Waals surface area contributed by atoms with Crippen LogP contribution in [0.15, 0.2) is 5.38 Å². The van der Waals surface area contributed by atoms with E-state index < -0.39 is 0 Å². The van der Waals surface area contributed by atoms with E-state index in [1.165, 1.54) is 30.0 Å². The quantitative estimate of drug-likeness (QED) is 0.785. The second-order valence-electron chi connectivity index (χ2n) is 7.77. The fourth-order valence-corrected chi connectivity index (χ4v) is 5.03. The summed E-state index contributed by atoms with van der Waals surface area (Å²) in [5.74, 6) is 0.981. The van der Waals surface area contributed by atoms with Crippen molar-refractivity contribution >= 4 is 17.2 Å². The zero-order valence-electron chi connectivity index (χ0n) is 15.3. The Labute approximate surface area is 150 Å². The SMILES string of the molecule is CC(=O)N1CCC[C@H]1[C@@H]1CCCN1Cc1csc(CCC(C)C)n1. The molecule has 0 saturated carbocycles. The van der Waals surface area contributed by atoms with Crippen molar-refractivity contribution in [3.05, 3.63) is 16.1 Å². The first kappa shape index (κ1) is 17.9. The molecule has 2 aliphatic rings. The van der Waals surface area contributed by atoms with Gasteiger partial charge >= 0.3 is 0 Å². The molecule has 1 amide bonds. The average molecular weight is 350 g/mol. The van der Waals surface area contributed by atoms with E-state index >= 15 is 0 Å². The molecular formula is C19H31N3OS. The minimum atomic E-state index is 0.244. The van der Waals surface area contributed by atoms with Gasteiger partial charge in [-0.2, -0.15) is 0 Å². The lowest BCUT2D eigenvalue weighted by Gasteiger charge is -2.34. The number of amides is 1. The van der Waals surface area contributed by atoms with E-state index in [0.29, 0.717) is 12.1 Å². The van der Waals surface area contributed by atoms with Gasteiger partial charge in [-0.3, -0.25) is 9.69 Å². The summed E-state index contributed by atoms with van der Waals surface area (Å²) in [5.41, 5.74) is 1.22. The molecule has 5 heteroatoms. The largest absolute Gasteiger partial charge is 0.338 e. The number of aromatic nitrogens is 1. The average Bonchev–Trinajstić information content (AvgIpc) is 3.25. The number of rotatable bonds is 6. The maximum atomic E-state index is 11.9. The fraction of sp³-hybridized carbons (Fsp3) is 0.789. The van der Waals surface area contributed by atoms with Crippen LogP contribution in [0.3, 0.4) is 0 Å². The Bertz CT molecular complexity index is 557. The predicted molar refractivity (Wildman–Crippen MR) is 99.1 cm³/mol. The Hall–Kier alpha value is -0.940. The van der Waals surface area contributed by atoms with Crippen LogP contribution in [-0.4, -0.2) is 45.9 Å². The first-order valence-electron chi connectivity index (χ1n) is 9.49. The van der Waals surface area contributed by atoms with Gasteiger partial charge in [0.1, 0.15) is 0 Å². The van der Waals surface area contributed by atoms with Crippen LogP contribution in [0.25, 0.3) is 0 Å². The summed E-state index contributed by atoms with van der Waals surface area (Å²) in [4.78, 5) is 21.4. The van der Waals surface area contributed by atoms with E-state index in [4.69, 9.17) is 4.98 Å². The molecule has 24 heavy (non-hydrogen) atoms. The fourth-order valence-electron chi connectivity index (χ4n) is 4.22. The number of nitrogens with zero attached hydrogens (tertiary/aromatic N) is 3. The molecule has 0 aromatic carbocycles. The standard InChI is InChI=1S/C19H31N3OS/c1-14(2)8-9-19-20-16(13-24-19)12-21-10-4-6-17(21)18-7-5-11-22(18)15(3)23/h13-14,17-18H,4-12H2,1-3H3/t17-,18-/m0/s1. The van der Waals surface area contributed by atoms with Crippen LogP contribution in [0.5, 0.6) is 0 Å². The van der Waals surface area contributed by atoms with E-state index in [9.17, 15) is 4.79 Å². The normalized spacial score (nSPS) is 25.1. The molecule has 4 nitrogen and oxygen atoms in total. The predicted octanol–water partition coefficient (Wildman–Crippen LogP) is 3.71. The third-order valence-corrected chi connectivity index (χ3v) is 6.42. The van der Waals surface area contributed by atoms with Crippen molar-refractivity contribution in [2.45, 2.75) is 77.9 Å². The molecule has 3 heterocycles. The zero-order valence-corrected chi connectivity index (χ0v) is 16.1. The second kappa shape index (κ2) is 7.96. The van der Waals surface area contributed by atoms with Crippen molar-refractivity contribution in [2.24, 2.45) is 5.92 Å². The monoisotopic (exact) mass is 349 g/mol. The lowest BCUT2D eigenvalue weighted by molar-refractivity contribution is -0.130. The van der Waals surface area contributed by atoms with Crippen LogP contribution in [0.1, 0.15) is 63.6 Å². The van der Waals surface area contributed by atoms with Crippen LogP contribution in [0, 0.1) is 5.92 Å². The van der Waals surface area contributed by atoms with Crippen LogP contribution in [0.4, 0.5) is 0 Å². The summed E-state index contributed by atoms with van der Waals surface area (Å²) in [7, 11) is 0. The first-order valence-corrected chi connectivity index (χ1v) is 10.4. The molecule has 2 saturated heterocycles.